The highest BCUT2D eigenvalue weighted by atomic mass is 79.9. The number of hydrogen-bond acceptors (Lipinski definition) is 5. The van der Waals surface area contributed by atoms with Crippen molar-refractivity contribution in [3.05, 3.63) is 28.2 Å². The van der Waals surface area contributed by atoms with Gasteiger partial charge in [-0.3, -0.25) is 4.79 Å². The predicted octanol–water partition coefficient (Wildman–Crippen LogP) is 1.47. The predicted molar refractivity (Wildman–Crippen MR) is 80.0 cm³/mol. The number of rotatable bonds is 4. The maximum absolute atomic E-state index is 12.7. The first-order chi connectivity index (χ1) is 10.3. The third-order valence-electron chi connectivity index (χ3n) is 3.39. The highest BCUT2D eigenvalue weighted by Crippen LogP contribution is 2.28. The molecule has 1 aromatic carbocycles. The number of nitrogens with zero attached hydrogens (tertiary/aromatic N) is 1. The molecule has 1 saturated heterocycles. The minimum atomic E-state index is -4.00. The van der Waals surface area contributed by atoms with E-state index >= 15 is 0 Å². The lowest BCUT2D eigenvalue weighted by molar-refractivity contribution is -0.140. The first kappa shape index (κ1) is 16.9. The number of esters is 1. The number of carboxylic acids is 1. The monoisotopic (exact) mass is 391 g/mol. The molecule has 1 fully saturated rings. The van der Waals surface area contributed by atoms with Gasteiger partial charge in [-0.2, -0.15) is 4.31 Å². The topological polar surface area (TPSA) is 101 Å². The lowest BCUT2D eigenvalue weighted by Gasteiger charge is -2.21. The van der Waals surface area contributed by atoms with E-state index in [0.29, 0.717) is 10.9 Å². The van der Waals surface area contributed by atoms with Crippen LogP contribution >= 0.6 is 15.9 Å². The molecule has 1 N–H and O–H groups in total. The molecule has 0 aromatic heterocycles. The van der Waals surface area contributed by atoms with E-state index < -0.39 is 28.0 Å². The van der Waals surface area contributed by atoms with Gasteiger partial charge in [-0.25, -0.2) is 13.2 Å². The molecule has 22 heavy (non-hydrogen) atoms. The summed E-state index contributed by atoms with van der Waals surface area (Å²) in [5, 5.41) is 9.14. The molecule has 1 heterocycles. The van der Waals surface area contributed by atoms with E-state index in [1.165, 1.54) is 25.3 Å². The second-order valence-corrected chi connectivity index (χ2v) is 7.59. The van der Waals surface area contributed by atoms with Crippen molar-refractivity contribution in [2.75, 3.05) is 13.7 Å². The van der Waals surface area contributed by atoms with E-state index in [4.69, 9.17) is 5.11 Å². The van der Waals surface area contributed by atoms with Crippen LogP contribution in [0.1, 0.15) is 23.2 Å². The van der Waals surface area contributed by atoms with Crippen LogP contribution in [0.5, 0.6) is 0 Å². The lowest BCUT2D eigenvalue weighted by atomic mass is 10.2. The van der Waals surface area contributed by atoms with Crippen molar-refractivity contribution in [3.8, 4) is 0 Å². The van der Waals surface area contributed by atoms with Gasteiger partial charge in [-0.05, 0) is 31.0 Å². The smallest absolute Gasteiger partial charge is 0.337 e. The highest BCUT2D eigenvalue weighted by molar-refractivity contribution is 9.10. The Labute approximate surface area is 136 Å². The summed E-state index contributed by atoms with van der Waals surface area (Å²) < 4.78 is 31.2. The number of aliphatic carboxylic acids is 1. The fourth-order valence-corrected chi connectivity index (χ4v) is 4.72. The van der Waals surface area contributed by atoms with Crippen LogP contribution in [-0.4, -0.2) is 49.5 Å². The normalized spacial score (nSPS) is 19.1. The summed E-state index contributed by atoms with van der Waals surface area (Å²) in [6.45, 7) is 0.138. The molecular formula is C13H14BrNO6S. The molecule has 0 radical (unpaired) electrons. The van der Waals surface area contributed by atoms with Gasteiger partial charge >= 0.3 is 11.9 Å². The number of ether oxygens (including phenoxy) is 1. The summed E-state index contributed by atoms with van der Waals surface area (Å²) in [5.41, 5.74) is 0.0709. The zero-order valence-corrected chi connectivity index (χ0v) is 14.1. The molecular weight excluding hydrogens is 378 g/mol. The summed E-state index contributed by atoms with van der Waals surface area (Å²) in [6.07, 6.45) is 0.750. The zero-order chi connectivity index (χ0) is 16.5. The molecule has 2 rings (SSSR count). The largest absolute Gasteiger partial charge is 0.480 e. The third kappa shape index (κ3) is 3.16. The lowest BCUT2D eigenvalue weighted by Crippen LogP contribution is -2.40. The van der Waals surface area contributed by atoms with Crippen molar-refractivity contribution in [1.82, 2.24) is 4.31 Å². The van der Waals surface area contributed by atoms with Gasteiger partial charge in [0.15, 0.2) is 0 Å². The van der Waals surface area contributed by atoms with E-state index in [9.17, 15) is 18.0 Å². The molecule has 1 aliphatic rings. The maximum Gasteiger partial charge on any atom is 0.337 e. The fraction of sp³-hybridized carbons (Fsp3) is 0.385. The molecule has 1 aliphatic heterocycles. The molecule has 0 aliphatic carbocycles. The van der Waals surface area contributed by atoms with Crippen LogP contribution in [0.25, 0.3) is 0 Å². The van der Waals surface area contributed by atoms with E-state index in [1.807, 2.05) is 0 Å². The van der Waals surface area contributed by atoms with Gasteiger partial charge < -0.3 is 9.84 Å². The summed E-state index contributed by atoms with van der Waals surface area (Å²) in [5.74, 6) is -1.85. The second-order valence-electron chi connectivity index (χ2n) is 4.78. The number of carboxylic acid groups (broad SMARTS) is 1. The zero-order valence-electron chi connectivity index (χ0n) is 11.7. The number of carbonyl (C=O) groups excluding carboxylic acids is 1. The molecule has 0 spiro atoms. The maximum atomic E-state index is 12.7. The molecule has 1 atom stereocenters. The quantitative estimate of drug-likeness (QED) is 0.779. The van der Waals surface area contributed by atoms with Crippen LogP contribution < -0.4 is 0 Å². The average Bonchev–Trinajstić information content (AvgIpc) is 2.96. The fourth-order valence-electron chi connectivity index (χ4n) is 2.36. The molecule has 0 saturated carbocycles. The summed E-state index contributed by atoms with van der Waals surface area (Å²) in [6, 6.07) is 2.87. The number of benzene rings is 1. The number of sulfonamides is 1. The Balaban J connectivity index is 2.48. The Morgan fingerprint density at radius 2 is 2.05 bits per heavy atom. The highest BCUT2D eigenvalue weighted by Gasteiger charge is 2.39. The van der Waals surface area contributed by atoms with Gasteiger partial charge in [-0.1, -0.05) is 15.9 Å². The number of hydrogen-bond donors (Lipinski definition) is 1. The number of halogens is 1. The van der Waals surface area contributed by atoms with E-state index in [-0.39, 0.29) is 23.4 Å². The summed E-state index contributed by atoms with van der Waals surface area (Å²) >= 11 is 3.15. The van der Waals surface area contributed by atoms with Crippen molar-refractivity contribution in [1.29, 1.82) is 0 Å². The van der Waals surface area contributed by atoms with Crippen LogP contribution in [0.3, 0.4) is 0 Å². The molecule has 0 bridgehead atoms. The minimum absolute atomic E-state index is 0.0709. The van der Waals surface area contributed by atoms with Crippen LogP contribution in [0, 0.1) is 0 Å². The molecule has 9 heteroatoms. The first-order valence-corrected chi connectivity index (χ1v) is 8.64. The van der Waals surface area contributed by atoms with Gasteiger partial charge in [0.2, 0.25) is 10.0 Å². The Bertz CT molecular complexity index is 717. The van der Waals surface area contributed by atoms with Crippen LogP contribution in [0.2, 0.25) is 0 Å². The Morgan fingerprint density at radius 3 is 2.64 bits per heavy atom. The SMILES string of the molecule is COC(=O)c1cc(Br)cc(S(=O)(=O)N2CCC[C@H]2C(=O)O)c1. The van der Waals surface area contributed by atoms with E-state index in [1.54, 1.807) is 0 Å². The van der Waals surface area contributed by atoms with Crippen molar-refractivity contribution >= 4 is 37.9 Å². The summed E-state index contributed by atoms with van der Waals surface area (Å²) in [7, 11) is -2.81. The Morgan fingerprint density at radius 1 is 1.36 bits per heavy atom. The van der Waals surface area contributed by atoms with Gasteiger partial charge in [0.25, 0.3) is 0 Å². The molecule has 0 amide bonds. The standard InChI is InChI=1S/C13H14BrNO6S/c1-21-13(18)8-5-9(14)7-10(6-8)22(19,20)15-4-2-3-11(15)12(16)17/h5-7,11H,2-4H2,1H3,(H,16,17)/t11-/m0/s1. The average molecular weight is 392 g/mol. The van der Waals surface area contributed by atoms with Gasteiger partial charge in [0.05, 0.1) is 17.6 Å². The van der Waals surface area contributed by atoms with Gasteiger partial charge in [0, 0.05) is 11.0 Å². The summed E-state index contributed by atoms with van der Waals surface area (Å²) in [4.78, 5) is 22.6. The number of carbonyl (C=O) groups is 2. The third-order valence-corrected chi connectivity index (χ3v) is 5.73. The second kappa shape index (κ2) is 6.35. The molecule has 1 aromatic rings. The van der Waals surface area contributed by atoms with Crippen molar-refractivity contribution in [2.45, 2.75) is 23.8 Å². The van der Waals surface area contributed by atoms with Crippen molar-refractivity contribution < 1.29 is 27.9 Å². The van der Waals surface area contributed by atoms with Gasteiger partial charge in [-0.15, -0.1) is 0 Å². The molecule has 0 unspecified atom stereocenters. The van der Waals surface area contributed by atoms with Crippen molar-refractivity contribution in [3.63, 3.8) is 0 Å². The van der Waals surface area contributed by atoms with Crippen LogP contribution in [0.15, 0.2) is 27.6 Å². The molecule has 7 nitrogen and oxygen atoms in total. The minimum Gasteiger partial charge on any atom is -0.480 e. The number of methoxy groups -OCH3 is 1. The van der Waals surface area contributed by atoms with Crippen molar-refractivity contribution in [2.24, 2.45) is 0 Å². The van der Waals surface area contributed by atoms with Gasteiger partial charge in [0.1, 0.15) is 6.04 Å². The van der Waals surface area contributed by atoms with Crippen LogP contribution in [0.4, 0.5) is 0 Å². The molecule has 120 valence electrons. The Hall–Kier alpha value is -1.45. The van der Waals surface area contributed by atoms with E-state index in [0.717, 1.165) is 4.31 Å². The first-order valence-electron chi connectivity index (χ1n) is 6.41. The Kier molecular flexibility index (Phi) is 4.88. The van der Waals surface area contributed by atoms with E-state index in [2.05, 4.69) is 20.7 Å². The van der Waals surface area contributed by atoms with Crippen LogP contribution in [-0.2, 0) is 19.6 Å².